The molecule has 30 heavy (non-hydrogen) atoms. The number of rotatable bonds is 6. The lowest BCUT2D eigenvalue weighted by Gasteiger charge is -2.49. The second-order valence-electron chi connectivity index (χ2n) is 8.96. The van der Waals surface area contributed by atoms with E-state index in [0.29, 0.717) is 12.3 Å². The fourth-order valence-corrected chi connectivity index (χ4v) is 5.40. The molecule has 0 spiro atoms. The average molecular weight is 406 g/mol. The molecule has 2 aromatic carbocycles. The molecule has 0 aromatic heterocycles. The van der Waals surface area contributed by atoms with E-state index in [1.54, 1.807) is 0 Å². The van der Waals surface area contributed by atoms with Gasteiger partial charge in [0.25, 0.3) is 0 Å². The molecule has 2 fully saturated rings. The van der Waals surface area contributed by atoms with Gasteiger partial charge in [0.1, 0.15) is 6.29 Å². The first-order chi connectivity index (χ1) is 14.7. The molecule has 1 saturated heterocycles. The zero-order valence-corrected chi connectivity index (χ0v) is 17.6. The van der Waals surface area contributed by atoms with Gasteiger partial charge in [-0.15, -0.1) is 0 Å². The van der Waals surface area contributed by atoms with Crippen LogP contribution in [0.5, 0.6) is 0 Å². The van der Waals surface area contributed by atoms with Crippen LogP contribution in [-0.4, -0.2) is 38.1 Å². The van der Waals surface area contributed by atoms with E-state index in [-0.39, 0.29) is 17.5 Å². The van der Waals surface area contributed by atoms with Gasteiger partial charge in [0, 0.05) is 42.5 Å². The quantitative estimate of drug-likeness (QED) is 0.694. The Morgan fingerprint density at radius 2 is 1.93 bits per heavy atom. The molecular weight excluding hydrogens is 374 g/mol. The minimum absolute atomic E-state index is 0.144. The molecule has 158 valence electrons. The Kier molecular flexibility index (Phi) is 5.15. The number of carbonyl (C=O) groups is 1. The predicted octanol–water partition coefficient (Wildman–Crippen LogP) is 4.48. The number of hydrogen-bond acceptors (Lipinski definition) is 5. The summed E-state index contributed by atoms with van der Waals surface area (Å²) in [5, 5.41) is 7.67. The maximum atomic E-state index is 11.7. The molecule has 2 aromatic rings. The molecular formula is C25H31N3O2. The van der Waals surface area contributed by atoms with Gasteiger partial charge in [-0.3, -0.25) is 0 Å². The zero-order chi connectivity index (χ0) is 20.6. The Balaban J connectivity index is 1.55. The Morgan fingerprint density at radius 1 is 1.17 bits per heavy atom. The summed E-state index contributed by atoms with van der Waals surface area (Å²) in [7, 11) is 0. The van der Waals surface area contributed by atoms with Crippen molar-refractivity contribution in [2.75, 3.05) is 41.8 Å². The van der Waals surface area contributed by atoms with Crippen molar-refractivity contribution < 1.29 is 9.53 Å². The van der Waals surface area contributed by atoms with E-state index >= 15 is 0 Å². The molecule has 0 bridgehead atoms. The topological polar surface area (TPSA) is 53.6 Å². The van der Waals surface area contributed by atoms with Crippen LogP contribution in [0, 0.1) is 11.8 Å². The number of para-hydroxylation sites is 1. The Bertz CT molecular complexity index is 893. The first-order valence-corrected chi connectivity index (χ1v) is 11.2. The minimum Gasteiger partial charge on any atom is -0.378 e. The van der Waals surface area contributed by atoms with Crippen molar-refractivity contribution in [2.45, 2.75) is 37.8 Å². The molecule has 2 aliphatic heterocycles. The molecule has 1 saturated carbocycles. The van der Waals surface area contributed by atoms with Gasteiger partial charge in [-0.05, 0) is 54.7 Å². The third-order valence-electron chi connectivity index (χ3n) is 7.25. The van der Waals surface area contributed by atoms with Crippen molar-refractivity contribution in [1.29, 1.82) is 0 Å². The van der Waals surface area contributed by atoms with Crippen molar-refractivity contribution >= 4 is 23.3 Å². The lowest BCUT2D eigenvalue weighted by atomic mass is 9.69. The summed E-state index contributed by atoms with van der Waals surface area (Å²) in [5.41, 5.74) is 4.64. The number of anilines is 3. The largest absolute Gasteiger partial charge is 0.378 e. The number of nitrogens with one attached hydrogen (secondary N) is 2. The monoisotopic (exact) mass is 405 g/mol. The van der Waals surface area contributed by atoms with Gasteiger partial charge in [0.2, 0.25) is 0 Å². The van der Waals surface area contributed by atoms with Crippen molar-refractivity contribution in [2.24, 2.45) is 11.8 Å². The van der Waals surface area contributed by atoms with Crippen molar-refractivity contribution in [3.63, 3.8) is 0 Å². The van der Waals surface area contributed by atoms with Gasteiger partial charge in [-0.25, -0.2) is 0 Å². The molecule has 3 atom stereocenters. The highest BCUT2D eigenvalue weighted by Gasteiger charge is 2.53. The number of ether oxygens (including phenoxy) is 1. The van der Waals surface area contributed by atoms with Crippen molar-refractivity contribution in [3.05, 3.63) is 54.1 Å². The highest BCUT2D eigenvalue weighted by atomic mass is 16.5. The van der Waals surface area contributed by atoms with Gasteiger partial charge in [0.05, 0.1) is 24.8 Å². The molecule has 1 aliphatic carbocycles. The Morgan fingerprint density at radius 3 is 2.63 bits per heavy atom. The standard InChI is InChI=1S/C25H31N3O2/c1-18-24(26-20-5-3-2-4-6-20)22-17-21(28-12-15-30-16-13-28)9-10-23(22)27-25(18,11-14-29)19-7-8-19/h2-6,9-10,14,17-19,24,26-27H,7-8,11-13,15-16H2,1H3/t18-,24-,25-/m1/s1. The van der Waals surface area contributed by atoms with Crippen LogP contribution in [0.15, 0.2) is 48.5 Å². The van der Waals surface area contributed by atoms with Crippen LogP contribution in [0.2, 0.25) is 0 Å². The molecule has 0 radical (unpaired) electrons. The van der Waals surface area contributed by atoms with Gasteiger partial charge < -0.3 is 25.1 Å². The SMILES string of the molecule is C[C@@H]1[C@@H](Nc2ccccc2)c2cc(N3CCOCC3)ccc2N[C@@]1(CC=O)C1CC1. The normalized spacial score (nSPS) is 28.4. The minimum atomic E-state index is -0.179. The lowest BCUT2D eigenvalue weighted by molar-refractivity contribution is -0.109. The third-order valence-corrected chi connectivity index (χ3v) is 7.25. The van der Waals surface area contributed by atoms with Crippen LogP contribution in [0.25, 0.3) is 0 Å². The first-order valence-electron chi connectivity index (χ1n) is 11.2. The third kappa shape index (κ3) is 3.45. The number of hydrogen-bond donors (Lipinski definition) is 2. The smallest absolute Gasteiger partial charge is 0.122 e. The fourth-order valence-electron chi connectivity index (χ4n) is 5.40. The van der Waals surface area contributed by atoms with E-state index in [0.717, 1.165) is 44.0 Å². The summed E-state index contributed by atoms with van der Waals surface area (Å²) in [5.74, 6) is 0.840. The maximum absolute atomic E-state index is 11.7. The summed E-state index contributed by atoms with van der Waals surface area (Å²) in [6, 6.07) is 17.3. The Labute approximate surface area is 178 Å². The molecule has 0 amide bonds. The van der Waals surface area contributed by atoms with Crippen molar-refractivity contribution in [1.82, 2.24) is 0 Å². The molecule has 2 N–H and O–H groups in total. The van der Waals surface area contributed by atoms with Crippen molar-refractivity contribution in [3.8, 4) is 0 Å². The van der Waals surface area contributed by atoms with Gasteiger partial charge in [-0.2, -0.15) is 0 Å². The summed E-state index contributed by atoms with van der Waals surface area (Å²) in [4.78, 5) is 14.1. The van der Waals surface area contributed by atoms with Crippen LogP contribution < -0.4 is 15.5 Å². The van der Waals surface area contributed by atoms with E-state index in [9.17, 15) is 4.79 Å². The van der Waals surface area contributed by atoms with E-state index in [1.165, 1.54) is 24.1 Å². The van der Waals surface area contributed by atoms with E-state index in [2.05, 4.69) is 64.9 Å². The van der Waals surface area contributed by atoms with Gasteiger partial charge in [0.15, 0.2) is 0 Å². The summed E-state index contributed by atoms with van der Waals surface area (Å²) in [6.07, 6.45) is 4.06. The highest BCUT2D eigenvalue weighted by Crippen LogP contribution is 2.55. The second kappa shape index (κ2) is 7.95. The second-order valence-corrected chi connectivity index (χ2v) is 8.96. The number of nitrogens with zero attached hydrogens (tertiary/aromatic N) is 1. The summed E-state index contributed by atoms with van der Waals surface area (Å²) in [6.45, 7) is 5.72. The number of carbonyl (C=O) groups excluding carboxylic acids is 1. The van der Waals surface area contributed by atoms with Gasteiger partial charge >= 0.3 is 0 Å². The van der Waals surface area contributed by atoms with E-state index < -0.39 is 0 Å². The van der Waals surface area contributed by atoms with Crippen LogP contribution in [0.4, 0.5) is 17.1 Å². The molecule has 2 heterocycles. The number of benzene rings is 2. The fraction of sp³-hybridized carbons (Fsp3) is 0.480. The number of fused-ring (bicyclic) bond motifs is 1. The van der Waals surface area contributed by atoms with Gasteiger partial charge in [-0.1, -0.05) is 25.1 Å². The van der Waals surface area contributed by atoms with Crippen LogP contribution in [0.1, 0.15) is 37.8 Å². The number of aldehydes is 1. The molecule has 5 heteroatoms. The van der Waals surface area contributed by atoms with Crippen LogP contribution >= 0.6 is 0 Å². The molecule has 0 unspecified atom stereocenters. The average Bonchev–Trinajstić information content (AvgIpc) is 3.64. The summed E-state index contributed by atoms with van der Waals surface area (Å²) < 4.78 is 5.54. The van der Waals surface area contributed by atoms with Crippen LogP contribution in [0.3, 0.4) is 0 Å². The number of morpholine rings is 1. The zero-order valence-electron chi connectivity index (χ0n) is 17.6. The van der Waals surface area contributed by atoms with E-state index in [4.69, 9.17) is 4.74 Å². The predicted molar refractivity (Wildman–Crippen MR) is 121 cm³/mol. The lowest BCUT2D eigenvalue weighted by Crippen LogP contribution is -2.53. The first kappa shape index (κ1) is 19.4. The molecule has 3 aliphatic rings. The van der Waals surface area contributed by atoms with Crippen LogP contribution in [-0.2, 0) is 9.53 Å². The van der Waals surface area contributed by atoms with E-state index in [1.807, 2.05) is 6.07 Å². The Hall–Kier alpha value is -2.53. The molecule has 5 rings (SSSR count). The highest BCUT2D eigenvalue weighted by molar-refractivity contribution is 5.68. The molecule has 5 nitrogen and oxygen atoms in total. The maximum Gasteiger partial charge on any atom is 0.122 e. The summed E-state index contributed by atoms with van der Waals surface area (Å²) >= 11 is 0.